The van der Waals surface area contributed by atoms with Crippen LogP contribution in [0.1, 0.15) is 19.3 Å². The smallest absolute Gasteiger partial charge is 0.225 e. The molecule has 2 aliphatic rings. The van der Waals surface area contributed by atoms with Crippen molar-refractivity contribution in [3.05, 3.63) is 61.1 Å². The molecule has 2 aromatic carbocycles. The van der Waals surface area contributed by atoms with Gasteiger partial charge in [0.2, 0.25) is 5.91 Å². The maximum absolute atomic E-state index is 12.4. The highest BCUT2D eigenvalue weighted by Gasteiger charge is 2.36. The van der Waals surface area contributed by atoms with Gasteiger partial charge in [0.1, 0.15) is 6.33 Å². The number of carbonyl (C=O) groups is 1. The van der Waals surface area contributed by atoms with Gasteiger partial charge in [0.25, 0.3) is 0 Å². The lowest BCUT2D eigenvalue weighted by atomic mass is 10.0. The van der Waals surface area contributed by atoms with Crippen molar-refractivity contribution < 1.29 is 4.79 Å². The van der Waals surface area contributed by atoms with Crippen LogP contribution in [0.5, 0.6) is 0 Å². The molecule has 4 aromatic rings. The van der Waals surface area contributed by atoms with Gasteiger partial charge in [0.05, 0.1) is 0 Å². The number of hydrogen-bond donors (Lipinski definition) is 0. The number of aromatic nitrogens is 4. The van der Waals surface area contributed by atoms with Gasteiger partial charge in [-0.2, -0.15) is 0 Å². The van der Waals surface area contributed by atoms with Crippen LogP contribution in [-0.4, -0.2) is 43.2 Å². The number of fused-ring (bicyclic) bond motifs is 1. The van der Waals surface area contributed by atoms with E-state index in [0.717, 1.165) is 50.3 Å². The highest BCUT2D eigenvalue weighted by atomic mass is 16.2. The summed E-state index contributed by atoms with van der Waals surface area (Å²) in [4.78, 5) is 14.4. The van der Waals surface area contributed by atoms with Gasteiger partial charge in [-0.05, 0) is 54.5 Å². The van der Waals surface area contributed by atoms with Crippen LogP contribution in [0.3, 0.4) is 0 Å². The molecule has 2 fully saturated rings. The van der Waals surface area contributed by atoms with E-state index in [1.807, 2.05) is 6.33 Å². The lowest BCUT2D eigenvalue weighted by Gasteiger charge is -2.17. The van der Waals surface area contributed by atoms with E-state index < -0.39 is 0 Å². The summed E-state index contributed by atoms with van der Waals surface area (Å²) in [5, 5.41) is 9.83. The predicted molar refractivity (Wildman–Crippen MR) is 125 cm³/mol. The van der Waals surface area contributed by atoms with Gasteiger partial charge in [-0.1, -0.05) is 30.3 Å². The van der Waals surface area contributed by atoms with Crippen LogP contribution in [0.4, 0.5) is 0 Å². The zero-order valence-electron chi connectivity index (χ0n) is 18.3. The first kappa shape index (κ1) is 19.3. The highest BCUT2D eigenvalue weighted by molar-refractivity contribution is 5.86. The van der Waals surface area contributed by atoms with Crippen LogP contribution in [0, 0.1) is 11.8 Å². The van der Waals surface area contributed by atoms with Gasteiger partial charge in [0.15, 0.2) is 5.82 Å². The minimum Gasteiger partial charge on any atom is -0.351 e. The number of likely N-dealkylation sites (tertiary alicyclic amines) is 1. The Hall–Kier alpha value is -3.41. The third-order valence-corrected chi connectivity index (χ3v) is 6.96. The monoisotopic (exact) mass is 425 g/mol. The Morgan fingerprint density at radius 3 is 2.59 bits per heavy atom. The van der Waals surface area contributed by atoms with E-state index in [9.17, 15) is 4.79 Å². The number of rotatable bonds is 5. The fourth-order valence-electron chi connectivity index (χ4n) is 4.93. The van der Waals surface area contributed by atoms with Gasteiger partial charge < -0.3 is 14.0 Å². The molecule has 0 bridgehead atoms. The van der Waals surface area contributed by atoms with Crippen LogP contribution in [0.15, 0.2) is 61.1 Å². The second-order valence-electron chi connectivity index (χ2n) is 9.30. The van der Waals surface area contributed by atoms with E-state index in [1.165, 1.54) is 22.0 Å². The Morgan fingerprint density at radius 1 is 1.00 bits per heavy atom. The van der Waals surface area contributed by atoms with Crippen LogP contribution in [0.2, 0.25) is 0 Å². The van der Waals surface area contributed by atoms with Gasteiger partial charge in [-0.25, -0.2) is 0 Å². The molecule has 2 aromatic heterocycles. The molecule has 3 heterocycles. The third-order valence-electron chi connectivity index (χ3n) is 6.96. The molecule has 0 spiro atoms. The molecule has 1 saturated heterocycles. The average Bonchev–Trinajstić information content (AvgIpc) is 3.21. The molecule has 6 nitrogen and oxygen atoms in total. The quantitative estimate of drug-likeness (QED) is 0.477. The molecular weight excluding hydrogens is 398 g/mol. The van der Waals surface area contributed by atoms with Gasteiger partial charge in [-0.3, -0.25) is 4.79 Å². The SMILES string of the molecule is Cn1ccc2cc(-c3ccc(-c4nncn4C[C@H]4CCN(C(=O)C5CC5)C4)cc3)ccc21. The van der Waals surface area contributed by atoms with E-state index in [-0.39, 0.29) is 0 Å². The first-order valence-corrected chi connectivity index (χ1v) is 11.5. The fourth-order valence-corrected chi connectivity index (χ4v) is 4.93. The minimum atomic E-state index is 0.306. The van der Waals surface area contributed by atoms with Crippen LogP contribution in [0.25, 0.3) is 33.4 Å². The zero-order chi connectivity index (χ0) is 21.7. The largest absolute Gasteiger partial charge is 0.351 e. The Labute approximate surface area is 187 Å². The third kappa shape index (κ3) is 3.49. The number of amides is 1. The van der Waals surface area contributed by atoms with Crippen LogP contribution < -0.4 is 0 Å². The van der Waals surface area contributed by atoms with E-state index in [0.29, 0.717) is 17.7 Å². The number of benzene rings is 2. The molecule has 1 aliphatic carbocycles. The summed E-state index contributed by atoms with van der Waals surface area (Å²) in [6.45, 7) is 2.59. The molecule has 0 unspecified atom stereocenters. The predicted octanol–water partition coefficient (Wildman–Crippen LogP) is 4.36. The highest BCUT2D eigenvalue weighted by Crippen LogP contribution is 2.33. The van der Waals surface area contributed by atoms with Gasteiger partial charge in [0, 0.05) is 55.3 Å². The average molecular weight is 426 g/mol. The molecule has 32 heavy (non-hydrogen) atoms. The molecule has 162 valence electrons. The summed E-state index contributed by atoms with van der Waals surface area (Å²) < 4.78 is 4.28. The standard InChI is InChI=1S/C26H27N5O/c1-29-12-11-23-14-22(8-9-24(23)29)19-2-4-20(5-3-19)25-28-27-17-31(25)16-18-10-13-30(15-18)26(32)21-6-7-21/h2-5,8-9,11-12,14,17-18,21H,6-7,10,13,15-16H2,1H3/t18-/m0/s1. The van der Waals surface area contributed by atoms with E-state index in [4.69, 9.17) is 0 Å². The van der Waals surface area contributed by atoms with Crippen molar-refractivity contribution in [1.82, 2.24) is 24.2 Å². The summed E-state index contributed by atoms with van der Waals surface area (Å²) in [5.41, 5.74) is 4.71. The summed E-state index contributed by atoms with van der Waals surface area (Å²) in [5.74, 6) is 2.02. The van der Waals surface area contributed by atoms with Crippen molar-refractivity contribution in [3.63, 3.8) is 0 Å². The summed E-state index contributed by atoms with van der Waals surface area (Å²) in [6, 6.07) is 17.3. The molecule has 6 heteroatoms. The van der Waals surface area contributed by atoms with Crippen molar-refractivity contribution in [2.45, 2.75) is 25.8 Å². The maximum atomic E-state index is 12.4. The Balaban J connectivity index is 1.18. The van der Waals surface area contributed by atoms with Crippen LogP contribution in [-0.2, 0) is 18.4 Å². The molecule has 0 N–H and O–H groups in total. The lowest BCUT2D eigenvalue weighted by Crippen LogP contribution is -2.30. The van der Waals surface area contributed by atoms with Gasteiger partial charge >= 0.3 is 0 Å². The fraction of sp³-hybridized carbons (Fsp3) is 0.346. The van der Waals surface area contributed by atoms with Gasteiger partial charge in [-0.15, -0.1) is 10.2 Å². The lowest BCUT2D eigenvalue weighted by molar-refractivity contribution is -0.131. The number of hydrogen-bond acceptors (Lipinski definition) is 3. The van der Waals surface area contributed by atoms with Crippen LogP contribution >= 0.6 is 0 Å². The van der Waals surface area contributed by atoms with Crippen molar-refractivity contribution >= 4 is 16.8 Å². The number of aryl methyl sites for hydroxylation is 1. The Kier molecular flexibility index (Phi) is 4.59. The molecule has 1 aliphatic heterocycles. The van der Waals surface area contributed by atoms with E-state index in [2.05, 4.69) is 86.0 Å². The van der Waals surface area contributed by atoms with Crippen molar-refractivity contribution in [3.8, 4) is 22.5 Å². The molecule has 1 saturated carbocycles. The van der Waals surface area contributed by atoms with Crippen molar-refractivity contribution in [2.24, 2.45) is 18.9 Å². The normalized spacial score (nSPS) is 18.5. The molecule has 1 amide bonds. The topological polar surface area (TPSA) is 56.0 Å². The summed E-state index contributed by atoms with van der Waals surface area (Å²) in [6.07, 6.45) is 7.11. The zero-order valence-corrected chi connectivity index (χ0v) is 18.3. The van der Waals surface area contributed by atoms with E-state index in [1.54, 1.807) is 0 Å². The van der Waals surface area contributed by atoms with Crippen molar-refractivity contribution in [1.29, 1.82) is 0 Å². The second kappa shape index (κ2) is 7.62. The molecular formula is C26H27N5O. The summed E-state index contributed by atoms with van der Waals surface area (Å²) >= 11 is 0. The molecule has 0 radical (unpaired) electrons. The minimum absolute atomic E-state index is 0.306. The summed E-state index contributed by atoms with van der Waals surface area (Å²) in [7, 11) is 2.07. The maximum Gasteiger partial charge on any atom is 0.225 e. The van der Waals surface area contributed by atoms with Crippen molar-refractivity contribution in [2.75, 3.05) is 13.1 Å². The first-order chi connectivity index (χ1) is 15.7. The van der Waals surface area contributed by atoms with E-state index >= 15 is 0 Å². The number of carbonyl (C=O) groups excluding carboxylic acids is 1. The Morgan fingerprint density at radius 2 is 1.78 bits per heavy atom. The first-order valence-electron chi connectivity index (χ1n) is 11.5. The second-order valence-corrected chi connectivity index (χ2v) is 9.30. The molecule has 1 atom stereocenters. The molecule has 6 rings (SSSR count). The number of nitrogens with zero attached hydrogens (tertiary/aromatic N) is 5. The Bertz CT molecular complexity index is 1280.